The van der Waals surface area contributed by atoms with Crippen LogP contribution in [0, 0.1) is 11.8 Å². The van der Waals surface area contributed by atoms with Crippen LogP contribution in [0.25, 0.3) is 0 Å². The fraction of sp³-hybridized carbons (Fsp3) is 0.714. The Bertz CT molecular complexity index is 595. The molecule has 0 radical (unpaired) electrons. The van der Waals surface area contributed by atoms with Gasteiger partial charge in [-0.2, -0.15) is 0 Å². The van der Waals surface area contributed by atoms with Crippen molar-refractivity contribution in [1.29, 1.82) is 0 Å². The van der Waals surface area contributed by atoms with Gasteiger partial charge in [-0.3, -0.25) is 9.78 Å². The number of carbonyl (C=O) groups is 1. The third-order valence-corrected chi connectivity index (χ3v) is 6.56. The van der Waals surface area contributed by atoms with Crippen LogP contribution in [-0.2, 0) is 20.9 Å². The number of amides is 1. The van der Waals surface area contributed by atoms with E-state index in [-0.39, 0.29) is 5.60 Å². The summed E-state index contributed by atoms with van der Waals surface area (Å²) in [6.07, 6.45) is 9.31. The molecule has 2 saturated heterocycles. The third-order valence-electron chi connectivity index (χ3n) is 6.56. The van der Waals surface area contributed by atoms with Crippen molar-refractivity contribution < 1.29 is 14.3 Å². The first-order chi connectivity index (χ1) is 12.8. The maximum absolute atomic E-state index is 12.5. The quantitative estimate of drug-likeness (QED) is 0.733. The van der Waals surface area contributed by atoms with Gasteiger partial charge in [-0.1, -0.05) is 12.5 Å². The fourth-order valence-corrected chi connectivity index (χ4v) is 4.65. The Labute approximate surface area is 156 Å². The first-order valence-electron chi connectivity index (χ1n) is 10.2. The number of hydrogen-bond donors (Lipinski definition) is 0. The lowest BCUT2D eigenvalue weighted by atomic mass is 9.77. The van der Waals surface area contributed by atoms with Gasteiger partial charge in [-0.15, -0.1) is 0 Å². The van der Waals surface area contributed by atoms with Crippen LogP contribution in [0.2, 0.25) is 0 Å². The molecule has 1 spiro atoms. The first-order valence-corrected chi connectivity index (χ1v) is 10.2. The van der Waals surface area contributed by atoms with Crippen molar-refractivity contribution in [3.63, 3.8) is 0 Å². The molecule has 1 aromatic heterocycles. The molecule has 1 amide bonds. The second-order valence-electron chi connectivity index (χ2n) is 8.01. The number of hydrogen-bond acceptors (Lipinski definition) is 4. The topological polar surface area (TPSA) is 51.7 Å². The Kier molecular flexibility index (Phi) is 5.55. The minimum Gasteiger partial charge on any atom is -0.375 e. The van der Waals surface area contributed by atoms with Gasteiger partial charge < -0.3 is 14.4 Å². The molecule has 1 unspecified atom stereocenters. The van der Waals surface area contributed by atoms with E-state index in [2.05, 4.69) is 9.88 Å². The average Bonchev–Trinajstić information content (AvgIpc) is 3.01. The van der Waals surface area contributed by atoms with E-state index in [0.717, 1.165) is 70.5 Å². The highest BCUT2D eigenvalue weighted by atomic mass is 16.5. The summed E-state index contributed by atoms with van der Waals surface area (Å²) in [6.45, 7) is 3.89. The van der Waals surface area contributed by atoms with E-state index >= 15 is 0 Å². The van der Waals surface area contributed by atoms with Crippen LogP contribution >= 0.6 is 0 Å². The van der Waals surface area contributed by atoms with Crippen molar-refractivity contribution in [2.24, 2.45) is 11.8 Å². The van der Waals surface area contributed by atoms with Crippen molar-refractivity contribution in [2.75, 3.05) is 26.3 Å². The van der Waals surface area contributed by atoms with Crippen LogP contribution in [0.15, 0.2) is 24.4 Å². The van der Waals surface area contributed by atoms with E-state index in [4.69, 9.17) is 9.47 Å². The summed E-state index contributed by atoms with van der Waals surface area (Å²) in [5, 5.41) is 0. The van der Waals surface area contributed by atoms with Crippen molar-refractivity contribution >= 4 is 5.91 Å². The van der Waals surface area contributed by atoms with Gasteiger partial charge in [-0.25, -0.2) is 0 Å². The molecule has 4 rings (SSSR count). The molecule has 0 bridgehead atoms. The molecule has 3 heterocycles. The van der Waals surface area contributed by atoms with Crippen molar-refractivity contribution in [1.82, 2.24) is 9.88 Å². The average molecular weight is 358 g/mol. The van der Waals surface area contributed by atoms with Crippen LogP contribution in [0.3, 0.4) is 0 Å². The molecule has 3 fully saturated rings. The molecule has 2 aliphatic heterocycles. The lowest BCUT2D eigenvalue weighted by Crippen LogP contribution is -2.51. The second kappa shape index (κ2) is 8.05. The third kappa shape index (κ3) is 3.79. The zero-order valence-electron chi connectivity index (χ0n) is 15.6. The van der Waals surface area contributed by atoms with Gasteiger partial charge in [0, 0.05) is 38.4 Å². The van der Waals surface area contributed by atoms with Gasteiger partial charge >= 0.3 is 0 Å². The molecule has 1 aromatic rings. The zero-order valence-corrected chi connectivity index (χ0v) is 15.6. The van der Waals surface area contributed by atoms with Crippen molar-refractivity contribution in [2.45, 2.75) is 57.2 Å². The van der Waals surface area contributed by atoms with Crippen molar-refractivity contribution in [3.8, 4) is 0 Å². The maximum atomic E-state index is 12.5. The highest BCUT2D eigenvalue weighted by molar-refractivity contribution is 5.79. The summed E-state index contributed by atoms with van der Waals surface area (Å²) in [7, 11) is 0. The fourth-order valence-electron chi connectivity index (χ4n) is 4.65. The summed E-state index contributed by atoms with van der Waals surface area (Å²) in [6, 6.07) is 5.91. The van der Waals surface area contributed by atoms with E-state index in [1.165, 1.54) is 6.42 Å². The summed E-state index contributed by atoms with van der Waals surface area (Å²) in [5.74, 6) is 1.25. The summed E-state index contributed by atoms with van der Waals surface area (Å²) in [4.78, 5) is 18.9. The van der Waals surface area contributed by atoms with Gasteiger partial charge in [0.1, 0.15) is 0 Å². The molecule has 142 valence electrons. The van der Waals surface area contributed by atoms with Crippen LogP contribution < -0.4 is 0 Å². The predicted octanol–water partition coefficient (Wildman–Crippen LogP) is 3.19. The first kappa shape index (κ1) is 17.9. The highest BCUT2D eigenvalue weighted by Gasteiger charge is 2.47. The van der Waals surface area contributed by atoms with E-state index in [0.29, 0.717) is 24.3 Å². The van der Waals surface area contributed by atoms with Gasteiger partial charge in [0.05, 0.1) is 17.9 Å². The molecule has 3 aliphatic rings. The van der Waals surface area contributed by atoms with Crippen LogP contribution in [0.1, 0.15) is 50.6 Å². The normalized spacial score (nSPS) is 25.4. The Morgan fingerprint density at radius 2 is 2.12 bits per heavy atom. The smallest absolute Gasteiger partial charge is 0.225 e. The van der Waals surface area contributed by atoms with Gasteiger partial charge in [0.25, 0.3) is 0 Å². The molecule has 0 aromatic carbocycles. The Morgan fingerprint density at radius 3 is 2.81 bits per heavy atom. The second-order valence-corrected chi connectivity index (χ2v) is 8.01. The van der Waals surface area contributed by atoms with Gasteiger partial charge in [0.15, 0.2) is 0 Å². The number of ether oxygens (including phenoxy) is 2. The lowest BCUT2D eigenvalue weighted by molar-refractivity contribution is -0.144. The SMILES string of the molecule is O=C(C1CCC1)N1CCC2(CC1)OCCC2CCOCc1ccccn1. The van der Waals surface area contributed by atoms with Crippen LogP contribution in [0.5, 0.6) is 0 Å². The maximum Gasteiger partial charge on any atom is 0.225 e. The molecular formula is C21H30N2O3. The standard InChI is InChI=1S/C21H30N2O3/c24-20(17-4-3-5-17)23-12-9-21(10-13-23)18(8-15-26-21)7-14-25-16-19-6-1-2-11-22-19/h1-2,6,11,17-18H,3-5,7-10,12-16H2. The Hall–Kier alpha value is -1.46. The largest absolute Gasteiger partial charge is 0.375 e. The van der Waals surface area contributed by atoms with E-state index in [9.17, 15) is 4.79 Å². The number of likely N-dealkylation sites (tertiary alicyclic amines) is 1. The summed E-state index contributed by atoms with van der Waals surface area (Å²) in [5.41, 5.74) is 0.956. The molecule has 1 atom stereocenters. The molecule has 5 heteroatoms. The number of piperidine rings is 1. The number of rotatable bonds is 6. The summed E-state index contributed by atoms with van der Waals surface area (Å²) < 4.78 is 12.1. The molecule has 0 N–H and O–H groups in total. The number of carbonyl (C=O) groups excluding carboxylic acids is 1. The molecule has 26 heavy (non-hydrogen) atoms. The highest BCUT2D eigenvalue weighted by Crippen LogP contribution is 2.43. The minimum absolute atomic E-state index is 0.0231. The minimum atomic E-state index is -0.0231. The molecule has 1 saturated carbocycles. The number of nitrogens with zero attached hydrogens (tertiary/aromatic N) is 2. The molecular weight excluding hydrogens is 328 g/mol. The number of pyridine rings is 1. The van der Waals surface area contributed by atoms with Gasteiger partial charge in [-0.05, 0) is 56.6 Å². The monoisotopic (exact) mass is 358 g/mol. The van der Waals surface area contributed by atoms with Gasteiger partial charge in [0.2, 0.25) is 5.91 Å². The van der Waals surface area contributed by atoms with Crippen LogP contribution in [0.4, 0.5) is 0 Å². The van der Waals surface area contributed by atoms with E-state index < -0.39 is 0 Å². The molecule has 5 nitrogen and oxygen atoms in total. The Morgan fingerprint density at radius 1 is 1.27 bits per heavy atom. The zero-order chi connectivity index (χ0) is 17.8. The predicted molar refractivity (Wildman–Crippen MR) is 98.5 cm³/mol. The lowest BCUT2D eigenvalue weighted by Gasteiger charge is -2.43. The van der Waals surface area contributed by atoms with Crippen LogP contribution in [-0.4, -0.2) is 47.7 Å². The van der Waals surface area contributed by atoms with E-state index in [1.54, 1.807) is 6.20 Å². The Balaban J connectivity index is 1.23. The van der Waals surface area contributed by atoms with Crippen molar-refractivity contribution in [3.05, 3.63) is 30.1 Å². The van der Waals surface area contributed by atoms with E-state index in [1.807, 2.05) is 18.2 Å². The molecule has 1 aliphatic carbocycles. The number of aromatic nitrogens is 1. The summed E-state index contributed by atoms with van der Waals surface area (Å²) >= 11 is 0.